The Morgan fingerprint density at radius 3 is 2.42 bits per heavy atom. The molecular weight excluding hydrogens is 277 g/mol. The summed E-state index contributed by atoms with van der Waals surface area (Å²) in [5, 5.41) is 0.592. The van der Waals surface area contributed by atoms with Crippen LogP contribution in [0.2, 0.25) is 5.02 Å². The number of benzene rings is 1. The first-order chi connectivity index (χ1) is 8.91. The Morgan fingerprint density at radius 2 is 1.89 bits per heavy atom. The van der Waals surface area contributed by atoms with E-state index in [0.717, 1.165) is 11.3 Å². The molecule has 1 aliphatic heterocycles. The van der Waals surface area contributed by atoms with Crippen LogP contribution in [0.25, 0.3) is 0 Å². The minimum atomic E-state index is -4.08. The summed E-state index contributed by atoms with van der Waals surface area (Å²) in [6, 6.07) is 5.34. The van der Waals surface area contributed by atoms with Gasteiger partial charge < -0.3 is 10.6 Å². The maximum Gasteiger partial charge on any atom is 0.391 e. The first kappa shape index (κ1) is 14.5. The molecule has 2 nitrogen and oxygen atoms in total. The van der Waals surface area contributed by atoms with Crippen molar-refractivity contribution in [3.63, 3.8) is 0 Å². The summed E-state index contributed by atoms with van der Waals surface area (Å²) in [5.41, 5.74) is 7.43. The molecule has 1 aromatic rings. The summed E-state index contributed by atoms with van der Waals surface area (Å²) in [6.45, 7) is 1.13. The summed E-state index contributed by atoms with van der Waals surface area (Å²) in [4.78, 5) is 1.96. The summed E-state index contributed by atoms with van der Waals surface area (Å²) in [7, 11) is 0. The van der Waals surface area contributed by atoms with Gasteiger partial charge in [-0.05, 0) is 36.6 Å². The van der Waals surface area contributed by atoms with Crippen LogP contribution in [0.4, 0.5) is 18.9 Å². The number of piperidine rings is 1. The van der Waals surface area contributed by atoms with Crippen molar-refractivity contribution in [3.05, 3.63) is 28.8 Å². The van der Waals surface area contributed by atoms with Crippen LogP contribution in [-0.2, 0) is 6.54 Å². The van der Waals surface area contributed by atoms with Gasteiger partial charge in [-0.2, -0.15) is 13.2 Å². The maximum absolute atomic E-state index is 12.6. The van der Waals surface area contributed by atoms with Crippen molar-refractivity contribution >= 4 is 17.3 Å². The molecule has 0 bridgehead atoms. The van der Waals surface area contributed by atoms with Crippen molar-refractivity contribution in [1.82, 2.24) is 0 Å². The van der Waals surface area contributed by atoms with Gasteiger partial charge in [-0.3, -0.25) is 0 Å². The van der Waals surface area contributed by atoms with Crippen LogP contribution in [0.15, 0.2) is 18.2 Å². The monoisotopic (exact) mass is 292 g/mol. The second-order valence-corrected chi connectivity index (χ2v) is 5.22. The zero-order valence-corrected chi connectivity index (χ0v) is 11.1. The topological polar surface area (TPSA) is 29.3 Å². The third-order valence-corrected chi connectivity index (χ3v) is 3.80. The molecule has 1 saturated heterocycles. The largest absolute Gasteiger partial charge is 0.391 e. The van der Waals surface area contributed by atoms with Crippen molar-refractivity contribution in [2.45, 2.75) is 25.6 Å². The van der Waals surface area contributed by atoms with E-state index in [1.807, 2.05) is 11.0 Å². The first-order valence-corrected chi connectivity index (χ1v) is 6.59. The third kappa shape index (κ3) is 3.34. The summed E-state index contributed by atoms with van der Waals surface area (Å²) >= 11 is 5.89. The predicted octanol–water partition coefficient (Wildman–Crippen LogP) is 3.58. The van der Waals surface area contributed by atoms with Crippen LogP contribution in [0.3, 0.4) is 0 Å². The van der Waals surface area contributed by atoms with Crippen LogP contribution in [0, 0.1) is 5.92 Å². The summed E-state index contributed by atoms with van der Waals surface area (Å²) in [5.74, 6) is -1.18. The molecule has 2 N–H and O–H groups in total. The number of hydrogen-bond donors (Lipinski definition) is 1. The molecule has 0 aliphatic carbocycles. The van der Waals surface area contributed by atoms with E-state index >= 15 is 0 Å². The van der Waals surface area contributed by atoms with E-state index in [1.54, 1.807) is 12.1 Å². The molecule has 0 spiro atoms. The first-order valence-electron chi connectivity index (χ1n) is 6.22. The van der Waals surface area contributed by atoms with E-state index in [4.69, 9.17) is 17.3 Å². The zero-order chi connectivity index (χ0) is 14.0. The molecular formula is C13H16ClF3N2. The van der Waals surface area contributed by atoms with E-state index in [-0.39, 0.29) is 12.8 Å². The van der Waals surface area contributed by atoms with Gasteiger partial charge in [0.1, 0.15) is 0 Å². The highest BCUT2D eigenvalue weighted by molar-refractivity contribution is 6.30. The third-order valence-electron chi connectivity index (χ3n) is 3.56. The number of halogens is 4. The molecule has 0 aromatic heterocycles. The minimum absolute atomic E-state index is 0.135. The molecule has 1 fully saturated rings. The van der Waals surface area contributed by atoms with Gasteiger partial charge >= 0.3 is 6.18 Å². The Labute approximate surface area is 115 Å². The van der Waals surface area contributed by atoms with Crippen LogP contribution in [0.5, 0.6) is 0 Å². The number of nitrogens with zero attached hydrogens (tertiary/aromatic N) is 1. The maximum atomic E-state index is 12.6. The van der Waals surface area contributed by atoms with Crippen LogP contribution < -0.4 is 10.6 Å². The lowest BCUT2D eigenvalue weighted by atomic mass is 9.95. The van der Waals surface area contributed by atoms with E-state index in [9.17, 15) is 13.2 Å². The second-order valence-electron chi connectivity index (χ2n) is 4.78. The standard InChI is InChI=1S/C13H16ClF3N2/c14-11-1-2-12(9(7-11)8-18)19-5-3-10(4-6-19)13(15,16)17/h1-2,7,10H,3-6,8,18H2. The van der Waals surface area contributed by atoms with E-state index < -0.39 is 12.1 Å². The number of alkyl halides is 3. The van der Waals surface area contributed by atoms with Crippen molar-refractivity contribution in [3.8, 4) is 0 Å². The Bertz CT molecular complexity index is 440. The SMILES string of the molecule is NCc1cc(Cl)ccc1N1CCC(C(F)(F)F)CC1. The fourth-order valence-corrected chi connectivity index (χ4v) is 2.67. The van der Waals surface area contributed by atoms with Gasteiger partial charge in [-0.1, -0.05) is 11.6 Å². The molecule has 0 saturated carbocycles. The molecule has 19 heavy (non-hydrogen) atoms. The molecule has 1 heterocycles. The number of hydrogen-bond acceptors (Lipinski definition) is 2. The van der Waals surface area contributed by atoms with Gasteiger partial charge in [0.15, 0.2) is 0 Å². The lowest BCUT2D eigenvalue weighted by molar-refractivity contribution is -0.179. The van der Waals surface area contributed by atoms with E-state index in [2.05, 4.69) is 0 Å². The van der Waals surface area contributed by atoms with Gasteiger partial charge in [-0.25, -0.2) is 0 Å². The highest BCUT2D eigenvalue weighted by atomic mass is 35.5. The fraction of sp³-hybridized carbons (Fsp3) is 0.538. The van der Waals surface area contributed by atoms with Gasteiger partial charge in [0.25, 0.3) is 0 Å². The van der Waals surface area contributed by atoms with Crippen LogP contribution >= 0.6 is 11.6 Å². The van der Waals surface area contributed by atoms with Crippen molar-refractivity contribution in [2.24, 2.45) is 11.7 Å². The van der Waals surface area contributed by atoms with Gasteiger partial charge in [0, 0.05) is 30.3 Å². The summed E-state index contributed by atoms with van der Waals surface area (Å²) in [6.07, 6.45) is -3.81. The average Bonchev–Trinajstić information content (AvgIpc) is 2.37. The Kier molecular flexibility index (Phi) is 4.26. The fourth-order valence-electron chi connectivity index (χ4n) is 2.47. The Hall–Kier alpha value is -0.940. The quantitative estimate of drug-likeness (QED) is 0.903. The van der Waals surface area contributed by atoms with Crippen LogP contribution in [0.1, 0.15) is 18.4 Å². The number of nitrogens with two attached hydrogens (primary N) is 1. The van der Waals surface area contributed by atoms with E-state index in [1.165, 1.54) is 0 Å². The van der Waals surface area contributed by atoms with Crippen molar-refractivity contribution in [1.29, 1.82) is 0 Å². The van der Waals surface area contributed by atoms with Gasteiger partial charge in [0.05, 0.1) is 5.92 Å². The second kappa shape index (κ2) is 5.59. The van der Waals surface area contributed by atoms with E-state index in [0.29, 0.717) is 24.7 Å². The number of rotatable bonds is 2. The molecule has 0 amide bonds. The molecule has 6 heteroatoms. The lowest BCUT2D eigenvalue weighted by Crippen LogP contribution is -2.39. The summed E-state index contributed by atoms with van der Waals surface area (Å²) < 4.78 is 37.8. The molecule has 106 valence electrons. The van der Waals surface area contributed by atoms with Crippen molar-refractivity contribution < 1.29 is 13.2 Å². The Morgan fingerprint density at radius 1 is 1.26 bits per heavy atom. The average molecular weight is 293 g/mol. The van der Waals surface area contributed by atoms with Gasteiger partial charge in [0.2, 0.25) is 0 Å². The van der Waals surface area contributed by atoms with Crippen molar-refractivity contribution in [2.75, 3.05) is 18.0 Å². The molecule has 0 unspecified atom stereocenters. The highest BCUT2D eigenvalue weighted by Crippen LogP contribution is 2.36. The molecule has 1 aliphatic rings. The molecule has 0 atom stereocenters. The highest BCUT2D eigenvalue weighted by Gasteiger charge is 2.41. The normalized spacial score (nSPS) is 17.8. The Balaban J connectivity index is 2.10. The van der Waals surface area contributed by atoms with Crippen LogP contribution in [-0.4, -0.2) is 19.3 Å². The minimum Gasteiger partial charge on any atom is -0.371 e. The van der Waals surface area contributed by atoms with Gasteiger partial charge in [-0.15, -0.1) is 0 Å². The molecule has 2 rings (SSSR count). The number of anilines is 1. The molecule has 1 aromatic carbocycles. The molecule has 0 radical (unpaired) electrons. The zero-order valence-electron chi connectivity index (χ0n) is 10.4. The smallest absolute Gasteiger partial charge is 0.371 e. The predicted molar refractivity (Wildman–Crippen MR) is 70.3 cm³/mol. The lowest BCUT2D eigenvalue weighted by Gasteiger charge is -2.35.